The van der Waals surface area contributed by atoms with Gasteiger partial charge < -0.3 is 23.9 Å². The van der Waals surface area contributed by atoms with E-state index in [4.69, 9.17) is 31.2 Å². The molecular formula is C20H23NO6S3. The third-order valence-electron chi connectivity index (χ3n) is 4.70. The number of benzene rings is 1. The minimum atomic E-state index is -0.777. The molecule has 7 nitrogen and oxygen atoms in total. The molecule has 0 aliphatic carbocycles. The maximum atomic E-state index is 13.1. The van der Waals surface area contributed by atoms with Gasteiger partial charge in [-0.15, -0.1) is 11.3 Å². The quantitative estimate of drug-likeness (QED) is 0.478. The number of H-pyrrole nitrogens is 1. The summed E-state index contributed by atoms with van der Waals surface area (Å²) in [6, 6.07) is 5.46. The molecule has 1 aliphatic heterocycles. The fourth-order valence-electron chi connectivity index (χ4n) is 3.48. The van der Waals surface area contributed by atoms with Crippen molar-refractivity contribution in [3.63, 3.8) is 0 Å². The Labute approximate surface area is 188 Å². The number of thioether (sulfide) groups is 1. The van der Waals surface area contributed by atoms with Gasteiger partial charge in [-0.1, -0.05) is 17.8 Å². The van der Waals surface area contributed by atoms with Gasteiger partial charge >= 0.3 is 11.9 Å². The summed E-state index contributed by atoms with van der Waals surface area (Å²) < 4.78 is 22.0. The van der Waals surface area contributed by atoms with E-state index in [9.17, 15) is 9.59 Å². The van der Waals surface area contributed by atoms with Crippen molar-refractivity contribution in [3.8, 4) is 11.5 Å². The number of hydrogen-bond acceptors (Lipinski definition) is 9. The van der Waals surface area contributed by atoms with Crippen molar-refractivity contribution >= 4 is 47.3 Å². The van der Waals surface area contributed by atoms with Gasteiger partial charge in [-0.3, -0.25) is 9.59 Å². The molecule has 0 amide bonds. The van der Waals surface area contributed by atoms with Crippen molar-refractivity contribution in [2.75, 3.05) is 27.4 Å². The molecule has 0 saturated carbocycles. The molecule has 2 aromatic rings. The number of esters is 2. The minimum absolute atomic E-state index is 0.212. The number of aromatic amines is 1. The van der Waals surface area contributed by atoms with Crippen LogP contribution in [0.25, 0.3) is 0 Å². The van der Waals surface area contributed by atoms with E-state index in [0.29, 0.717) is 15.5 Å². The first kappa shape index (κ1) is 22.6. The molecule has 1 aromatic carbocycles. The van der Waals surface area contributed by atoms with E-state index in [-0.39, 0.29) is 13.2 Å². The number of nitrogens with one attached hydrogen (secondary N) is 1. The molecule has 0 spiro atoms. The van der Waals surface area contributed by atoms with E-state index < -0.39 is 29.0 Å². The fraction of sp³-hybridized carbons (Fsp3) is 0.450. The maximum absolute atomic E-state index is 13.1. The summed E-state index contributed by atoms with van der Waals surface area (Å²) in [4.78, 5) is 29.9. The van der Waals surface area contributed by atoms with E-state index in [1.807, 2.05) is 12.1 Å². The number of fused-ring (bicyclic) bond motifs is 1. The van der Waals surface area contributed by atoms with Gasteiger partial charge in [-0.2, -0.15) is 0 Å². The van der Waals surface area contributed by atoms with Gasteiger partial charge in [-0.25, -0.2) is 0 Å². The lowest BCUT2D eigenvalue weighted by Crippen LogP contribution is -2.41. The molecular weight excluding hydrogens is 446 g/mol. The van der Waals surface area contributed by atoms with Crippen LogP contribution >= 0.6 is 35.3 Å². The largest absolute Gasteiger partial charge is 0.493 e. The Morgan fingerprint density at radius 1 is 1.07 bits per heavy atom. The van der Waals surface area contributed by atoms with Gasteiger partial charge in [0.15, 0.2) is 15.5 Å². The highest BCUT2D eigenvalue weighted by molar-refractivity contribution is 8.00. The first-order valence-electron chi connectivity index (χ1n) is 9.39. The van der Waals surface area contributed by atoms with Gasteiger partial charge in [0, 0.05) is 10.8 Å². The van der Waals surface area contributed by atoms with Crippen molar-refractivity contribution in [1.29, 1.82) is 0 Å². The second-order valence-corrected chi connectivity index (χ2v) is 9.24. The maximum Gasteiger partial charge on any atom is 0.320 e. The fourth-order valence-corrected chi connectivity index (χ4v) is 6.39. The Morgan fingerprint density at radius 3 is 2.37 bits per heavy atom. The number of thiazole rings is 1. The zero-order chi connectivity index (χ0) is 21.8. The van der Waals surface area contributed by atoms with Crippen LogP contribution in [0.2, 0.25) is 0 Å². The molecule has 0 bridgehead atoms. The molecule has 0 fully saturated rings. The molecule has 162 valence electrons. The standard InChI is InChI=1S/C20H23NO6S3/c1-5-26-18(22)14-13(10-7-8-11(24-3)12(9-10)25-4)15-17(21-20(28)30-15)29-16(14)19(23)27-6-2/h7-9,13-14,16H,5-6H2,1-4H3,(H,21,28). The SMILES string of the molecule is CCOC(=O)C1Sc2[nH]c(=S)sc2C(c2ccc(OC)c(OC)c2)C1C(=O)OCC. The van der Waals surface area contributed by atoms with E-state index in [2.05, 4.69) is 4.98 Å². The Hall–Kier alpha value is -2.04. The summed E-state index contributed by atoms with van der Waals surface area (Å²) in [7, 11) is 3.11. The Morgan fingerprint density at radius 2 is 1.73 bits per heavy atom. The molecule has 2 heterocycles. The smallest absolute Gasteiger partial charge is 0.320 e. The van der Waals surface area contributed by atoms with E-state index in [1.54, 1.807) is 34.1 Å². The average Bonchev–Trinajstić information content (AvgIpc) is 3.11. The monoisotopic (exact) mass is 469 g/mol. The Bertz CT molecular complexity index is 985. The number of methoxy groups -OCH3 is 2. The minimum Gasteiger partial charge on any atom is -0.493 e. The summed E-state index contributed by atoms with van der Waals surface area (Å²) in [5.74, 6) is -1.03. The number of hydrogen-bond donors (Lipinski definition) is 1. The second-order valence-electron chi connectivity index (χ2n) is 6.37. The second kappa shape index (κ2) is 9.84. The summed E-state index contributed by atoms with van der Waals surface area (Å²) in [6.07, 6.45) is 0. The third-order valence-corrected chi connectivity index (χ3v) is 7.44. The zero-order valence-electron chi connectivity index (χ0n) is 17.1. The first-order chi connectivity index (χ1) is 14.4. The lowest BCUT2D eigenvalue weighted by Gasteiger charge is -2.34. The van der Waals surface area contributed by atoms with E-state index in [1.165, 1.54) is 23.1 Å². The molecule has 0 radical (unpaired) electrons. The molecule has 3 unspecified atom stereocenters. The molecule has 30 heavy (non-hydrogen) atoms. The Balaban J connectivity index is 2.19. The van der Waals surface area contributed by atoms with Gasteiger partial charge in [0.1, 0.15) is 5.25 Å². The summed E-state index contributed by atoms with van der Waals surface area (Å²) in [6.45, 7) is 3.91. The van der Waals surface area contributed by atoms with E-state index in [0.717, 1.165) is 15.5 Å². The van der Waals surface area contributed by atoms with Crippen LogP contribution in [0.3, 0.4) is 0 Å². The molecule has 1 aromatic heterocycles. The number of rotatable bonds is 7. The van der Waals surface area contributed by atoms with Crippen LogP contribution in [0, 0.1) is 9.87 Å². The predicted molar refractivity (Wildman–Crippen MR) is 117 cm³/mol. The van der Waals surface area contributed by atoms with Crippen molar-refractivity contribution < 1.29 is 28.5 Å². The first-order valence-corrected chi connectivity index (χ1v) is 11.5. The third kappa shape index (κ3) is 4.35. The Kier molecular flexibility index (Phi) is 7.43. The van der Waals surface area contributed by atoms with Gasteiger partial charge in [-0.05, 0) is 43.8 Å². The molecule has 3 rings (SSSR count). The lowest BCUT2D eigenvalue weighted by molar-refractivity contribution is -0.154. The molecule has 0 saturated heterocycles. The number of carbonyl (C=O) groups is 2. The van der Waals surface area contributed by atoms with Crippen LogP contribution in [-0.4, -0.2) is 49.6 Å². The molecule has 3 atom stereocenters. The van der Waals surface area contributed by atoms with Crippen LogP contribution in [0.1, 0.15) is 30.2 Å². The average molecular weight is 470 g/mol. The summed E-state index contributed by atoms with van der Waals surface area (Å²) >= 11 is 8.01. The highest BCUT2D eigenvalue weighted by atomic mass is 32.2. The van der Waals surface area contributed by atoms with Crippen LogP contribution in [0.15, 0.2) is 23.2 Å². The molecule has 1 aliphatic rings. The van der Waals surface area contributed by atoms with Gasteiger partial charge in [0.2, 0.25) is 0 Å². The van der Waals surface area contributed by atoms with Crippen LogP contribution in [0.4, 0.5) is 0 Å². The van der Waals surface area contributed by atoms with Crippen molar-refractivity contribution in [3.05, 3.63) is 32.6 Å². The summed E-state index contributed by atoms with van der Waals surface area (Å²) in [5, 5.41) is -0.00164. The number of carbonyl (C=O) groups excluding carboxylic acids is 2. The normalized spacial score (nSPS) is 20.2. The highest BCUT2D eigenvalue weighted by Crippen LogP contribution is 2.51. The van der Waals surface area contributed by atoms with Crippen LogP contribution < -0.4 is 9.47 Å². The predicted octanol–water partition coefficient (Wildman–Crippen LogP) is 4.17. The number of ether oxygens (including phenoxy) is 4. The molecule has 1 N–H and O–H groups in total. The zero-order valence-corrected chi connectivity index (χ0v) is 19.5. The highest BCUT2D eigenvalue weighted by Gasteiger charge is 2.49. The van der Waals surface area contributed by atoms with Crippen molar-refractivity contribution in [2.24, 2.45) is 5.92 Å². The van der Waals surface area contributed by atoms with E-state index >= 15 is 0 Å². The lowest BCUT2D eigenvalue weighted by atomic mass is 9.82. The topological polar surface area (TPSA) is 86.9 Å². The molecule has 10 heteroatoms. The van der Waals surface area contributed by atoms with Crippen LogP contribution in [0.5, 0.6) is 11.5 Å². The van der Waals surface area contributed by atoms with Crippen molar-refractivity contribution in [1.82, 2.24) is 4.98 Å². The summed E-state index contributed by atoms with van der Waals surface area (Å²) in [5.41, 5.74) is 0.798. The number of aromatic nitrogens is 1. The van der Waals surface area contributed by atoms with Gasteiger partial charge in [0.25, 0.3) is 0 Å². The van der Waals surface area contributed by atoms with Crippen molar-refractivity contribution in [2.45, 2.75) is 30.0 Å². The van der Waals surface area contributed by atoms with Gasteiger partial charge in [0.05, 0.1) is 38.4 Å². The van der Waals surface area contributed by atoms with Crippen LogP contribution in [-0.2, 0) is 19.1 Å².